The highest BCUT2D eigenvalue weighted by molar-refractivity contribution is 5.35. The van der Waals surface area contributed by atoms with Gasteiger partial charge in [0, 0.05) is 16.8 Å². The van der Waals surface area contributed by atoms with Crippen LogP contribution in [0, 0.1) is 0 Å². The Morgan fingerprint density at radius 3 is 3.00 bits per heavy atom. The second-order valence-electron chi connectivity index (χ2n) is 4.58. The van der Waals surface area contributed by atoms with E-state index < -0.39 is 0 Å². The molecule has 0 spiro atoms. The van der Waals surface area contributed by atoms with E-state index in [0.717, 1.165) is 30.5 Å². The normalized spacial score (nSPS) is 13.3. The predicted octanol–water partition coefficient (Wildman–Crippen LogP) is 1.54. The zero-order chi connectivity index (χ0) is 13.2. The molecule has 19 heavy (non-hydrogen) atoms. The average Bonchev–Trinajstić information content (AvgIpc) is 2.85. The summed E-state index contributed by atoms with van der Waals surface area (Å²) in [5, 5.41) is 9.67. The van der Waals surface area contributed by atoms with Crippen LogP contribution in [0.3, 0.4) is 0 Å². The van der Waals surface area contributed by atoms with Gasteiger partial charge < -0.3 is 14.8 Å². The van der Waals surface area contributed by atoms with Gasteiger partial charge in [-0.25, -0.2) is 4.79 Å². The number of nitrogens with one attached hydrogen (secondary N) is 1. The molecule has 2 N–H and O–H groups in total. The van der Waals surface area contributed by atoms with Crippen LogP contribution in [0.15, 0.2) is 29.1 Å². The summed E-state index contributed by atoms with van der Waals surface area (Å²) in [6.45, 7) is 0.204. The lowest BCUT2D eigenvalue weighted by Crippen LogP contribution is -2.15. The van der Waals surface area contributed by atoms with Gasteiger partial charge in [0.25, 0.3) is 0 Å². The van der Waals surface area contributed by atoms with Crippen LogP contribution in [0.2, 0.25) is 0 Å². The Balaban J connectivity index is 1.85. The highest BCUT2D eigenvalue weighted by Crippen LogP contribution is 2.27. The summed E-state index contributed by atoms with van der Waals surface area (Å²) in [4.78, 5) is 18.0. The molecule has 0 amide bonds. The van der Waals surface area contributed by atoms with Crippen molar-refractivity contribution >= 4 is 0 Å². The standard InChI is InChI=1S/C14H14N2O3/c17-12-7-2-1-4-9(12)8-19-13-10-5-3-6-11(10)15-14(18)16-13/h1-2,4,7,17H,3,5-6,8H2,(H,15,16,18). The van der Waals surface area contributed by atoms with Crippen LogP contribution in [-0.4, -0.2) is 15.1 Å². The van der Waals surface area contributed by atoms with Gasteiger partial charge in [-0.2, -0.15) is 4.98 Å². The number of H-pyrrole nitrogens is 1. The first-order chi connectivity index (χ1) is 9.24. The fourth-order valence-electron chi connectivity index (χ4n) is 2.33. The van der Waals surface area contributed by atoms with Crippen molar-refractivity contribution in [1.82, 2.24) is 9.97 Å². The Labute approximate surface area is 109 Å². The second kappa shape index (κ2) is 4.76. The summed E-state index contributed by atoms with van der Waals surface area (Å²) >= 11 is 0. The first-order valence-electron chi connectivity index (χ1n) is 6.26. The largest absolute Gasteiger partial charge is 0.508 e. The number of phenolic OH excluding ortho intramolecular Hbond substituents is 1. The molecule has 0 atom stereocenters. The molecule has 3 rings (SSSR count). The minimum absolute atomic E-state index is 0.184. The Kier molecular flexibility index (Phi) is 2.95. The molecule has 5 nitrogen and oxygen atoms in total. The first kappa shape index (κ1) is 11.8. The fourth-order valence-corrected chi connectivity index (χ4v) is 2.33. The number of hydrogen-bond acceptors (Lipinski definition) is 4. The van der Waals surface area contributed by atoms with Gasteiger partial charge >= 0.3 is 5.69 Å². The van der Waals surface area contributed by atoms with Crippen molar-refractivity contribution < 1.29 is 9.84 Å². The van der Waals surface area contributed by atoms with Crippen LogP contribution in [0.25, 0.3) is 0 Å². The molecule has 2 aromatic rings. The minimum Gasteiger partial charge on any atom is -0.508 e. The zero-order valence-corrected chi connectivity index (χ0v) is 10.3. The molecule has 5 heteroatoms. The third kappa shape index (κ3) is 2.31. The van der Waals surface area contributed by atoms with Crippen LogP contribution in [0.1, 0.15) is 23.2 Å². The van der Waals surface area contributed by atoms with Crippen LogP contribution in [-0.2, 0) is 19.4 Å². The molecular formula is C14H14N2O3. The second-order valence-corrected chi connectivity index (χ2v) is 4.58. The number of hydrogen-bond donors (Lipinski definition) is 2. The van der Waals surface area contributed by atoms with Gasteiger partial charge in [0.2, 0.25) is 5.88 Å². The molecule has 1 aliphatic carbocycles. The van der Waals surface area contributed by atoms with E-state index in [0.29, 0.717) is 11.4 Å². The van der Waals surface area contributed by atoms with Gasteiger partial charge in [0.05, 0.1) is 0 Å². The lowest BCUT2D eigenvalue weighted by molar-refractivity contribution is 0.283. The molecule has 0 saturated carbocycles. The average molecular weight is 258 g/mol. The van der Waals surface area contributed by atoms with E-state index in [2.05, 4.69) is 9.97 Å². The highest BCUT2D eigenvalue weighted by Gasteiger charge is 2.19. The van der Waals surface area contributed by atoms with Crippen molar-refractivity contribution in [3.63, 3.8) is 0 Å². The maximum atomic E-state index is 11.4. The van der Waals surface area contributed by atoms with E-state index in [1.54, 1.807) is 18.2 Å². The molecule has 0 bridgehead atoms. The SMILES string of the molecule is O=c1nc(OCc2ccccc2O)c2c([nH]1)CCC2. The Hall–Kier alpha value is -2.30. The zero-order valence-electron chi connectivity index (χ0n) is 10.3. The number of aromatic hydroxyl groups is 1. The summed E-state index contributed by atoms with van der Waals surface area (Å²) in [5.74, 6) is 0.573. The molecule has 0 aliphatic heterocycles. The van der Waals surface area contributed by atoms with E-state index >= 15 is 0 Å². The number of ether oxygens (including phenoxy) is 1. The quantitative estimate of drug-likeness (QED) is 0.875. The van der Waals surface area contributed by atoms with Crippen LogP contribution in [0.5, 0.6) is 11.6 Å². The molecule has 1 aromatic carbocycles. The summed E-state index contributed by atoms with van der Waals surface area (Å²) in [5.41, 5.74) is 2.20. The van der Waals surface area contributed by atoms with Crippen LogP contribution in [0.4, 0.5) is 0 Å². The van der Waals surface area contributed by atoms with Gasteiger partial charge in [0.15, 0.2) is 0 Å². The van der Waals surface area contributed by atoms with E-state index in [4.69, 9.17) is 4.74 Å². The van der Waals surface area contributed by atoms with E-state index in [9.17, 15) is 9.90 Å². The van der Waals surface area contributed by atoms with Gasteiger partial charge in [-0.3, -0.25) is 0 Å². The maximum Gasteiger partial charge on any atom is 0.348 e. The molecule has 0 saturated heterocycles. The highest BCUT2D eigenvalue weighted by atomic mass is 16.5. The molecule has 98 valence electrons. The van der Waals surface area contributed by atoms with Crippen molar-refractivity contribution in [2.24, 2.45) is 0 Å². The smallest absolute Gasteiger partial charge is 0.348 e. The Morgan fingerprint density at radius 2 is 2.16 bits per heavy atom. The molecule has 1 heterocycles. The van der Waals surface area contributed by atoms with Gasteiger partial charge in [0.1, 0.15) is 12.4 Å². The molecule has 0 unspecified atom stereocenters. The monoisotopic (exact) mass is 258 g/mol. The number of para-hydroxylation sites is 1. The molecule has 1 aromatic heterocycles. The number of aryl methyl sites for hydroxylation is 1. The van der Waals surface area contributed by atoms with Crippen molar-refractivity contribution in [1.29, 1.82) is 0 Å². The lowest BCUT2D eigenvalue weighted by atomic mass is 10.2. The van der Waals surface area contributed by atoms with Gasteiger partial charge in [-0.05, 0) is 25.3 Å². The van der Waals surface area contributed by atoms with Crippen LogP contribution >= 0.6 is 0 Å². The first-order valence-corrected chi connectivity index (χ1v) is 6.26. The predicted molar refractivity (Wildman–Crippen MR) is 69.3 cm³/mol. The number of benzene rings is 1. The summed E-state index contributed by atoms with van der Waals surface area (Å²) in [6, 6.07) is 6.97. The van der Waals surface area contributed by atoms with Gasteiger partial charge in [-0.1, -0.05) is 18.2 Å². The summed E-state index contributed by atoms with van der Waals surface area (Å²) < 4.78 is 5.61. The maximum absolute atomic E-state index is 11.4. The number of fused-ring (bicyclic) bond motifs is 1. The van der Waals surface area contributed by atoms with Crippen molar-refractivity contribution in [3.8, 4) is 11.6 Å². The number of aromatic amines is 1. The van der Waals surface area contributed by atoms with E-state index in [1.807, 2.05) is 6.07 Å². The summed E-state index contributed by atoms with van der Waals surface area (Å²) in [6.07, 6.45) is 2.74. The molecule has 1 aliphatic rings. The number of rotatable bonds is 3. The minimum atomic E-state index is -0.382. The third-order valence-electron chi connectivity index (χ3n) is 3.29. The van der Waals surface area contributed by atoms with Crippen molar-refractivity contribution in [2.45, 2.75) is 25.9 Å². The number of nitrogens with zero attached hydrogens (tertiary/aromatic N) is 1. The fraction of sp³-hybridized carbons (Fsp3) is 0.286. The molecular weight excluding hydrogens is 244 g/mol. The van der Waals surface area contributed by atoms with E-state index in [-0.39, 0.29) is 18.0 Å². The van der Waals surface area contributed by atoms with Crippen LogP contribution < -0.4 is 10.4 Å². The summed E-state index contributed by atoms with van der Waals surface area (Å²) in [7, 11) is 0. The topological polar surface area (TPSA) is 75.2 Å². The van der Waals surface area contributed by atoms with Gasteiger partial charge in [-0.15, -0.1) is 0 Å². The lowest BCUT2D eigenvalue weighted by Gasteiger charge is -2.09. The Morgan fingerprint density at radius 1 is 1.32 bits per heavy atom. The van der Waals surface area contributed by atoms with Crippen molar-refractivity contribution in [2.75, 3.05) is 0 Å². The molecule has 0 radical (unpaired) electrons. The third-order valence-corrected chi connectivity index (χ3v) is 3.29. The van der Waals surface area contributed by atoms with E-state index in [1.165, 1.54) is 0 Å². The van der Waals surface area contributed by atoms with Crippen molar-refractivity contribution in [3.05, 3.63) is 51.6 Å². The number of aromatic nitrogens is 2. The molecule has 0 fully saturated rings. The number of phenols is 1. The Bertz CT molecular complexity index is 664.